The third-order valence-corrected chi connectivity index (χ3v) is 4.08. The van der Waals surface area contributed by atoms with Gasteiger partial charge in [-0.05, 0) is 67.0 Å². The van der Waals surface area contributed by atoms with Crippen molar-refractivity contribution >= 4 is 39.1 Å². The number of aromatic nitrogens is 1. The second-order valence-electron chi connectivity index (χ2n) is 5.35. The summed E-state index contributed by atoms with van der Waals surface area (Å²) < 4.78 is 6.51. The van der Waals surface area contributed by atoms with Crippen LogP contribution in [-0.4, -0.2) is 23.0 Å². The molecule has 0 N–H and O–H groups in total. The number of nitrogens with zero attached hydrogens (tertiary/aromatic N) is 2. The smallest absolute Gasteiger partial charge is 0.268 e. The minimum Gasteiger partial charge on any atom is -0.480 e. The van der Waals surface area contributed by atoms with Gasteiger partial charge in [-0.1, -0.05) is 11.6 Å². The Hall–Kier alpha value is -1.59. The minimum absolute atomic E-state index is 0.00796. The number of carbonyl (C=O) groups excluding carboxylic acids is 1. The van der Waals surface area contributed by atoms with Crippen molar-refractivity contribution in [2.24, 2.45) is 0 Å². The Balaban J connectivity index is 2.19. The van der Waals surface area contributed by atoms with Crippen LogP contribution in [0.4, 0.5) is 5.69 Å². The molecule has 0 bridgehead atoms. The summed E-state index contributed by atoms with van der Waals surface area (Å²) in [5, 5.41) is 0.599. The zero-order valence-corrected chi connectivity index (χ0v) is 15.5. The molecule has 0 aliphatic heterocycles. The Kier molecular flexibility index (Phi) is 6.02. The molecular formula is C17H18BrClN2O2. The van der Waals surface area contributed by atoms with Crippen molar-refractivity contribution in [3.05, 3.63) is 52.2 Å². The van der Waals surface area contributed by atoms with E-state index in [1.54, 1.807) is 48.5 Å². The number of halogens is 2. The Morgan fingerprint density at radius 3 is 2.61 bits per heavy atom. The average molecular weight is 398 g/mol. The van der Waals surface area contributed by atoms with Crippen LogP contribution in [-0.2, 0) is 4.79 Å². The molecule has 1 aromatic carbocycles. The van der Waals surface area contributed by atoms with Crippen LogP contribution in [0.25, 0.3) is 0 Å². The lowest BCUT2D eigenvalue weighted by Crippen LogP contribution is -2.44. The molecule has 122 valence electrons. The van der Waals surface area contributed by atoms with Crippen molar-refractivity contribution in [2.45, 2.75) is 32.9 Å². The van der Waals surface area contributed by atoms with Crippen LogP contribution in [0.2, 0.25) is 5.02 Å². The van der Waals surface area contributed by atoms with Gasteiger partial charge in [0.05, 0.1) is 16.4 Å². The van der Waals surface area contributed by atoms with E-state index in [0.29, 0.717) is 15.2 Å². The maximum absolute atomic E-state index is 12.8. The molecule has 2 rings (SSSR count). The lowest BCUT2D eigenvalue weighted by Gasteiger charge is -2.29. The van der Waals surface area contributed by atoms with Gasteiger partial charge in [0.15, 0.2) is 6.10 Å². The van der Waals surface area contributed by atoms with E-state index in [9.17, 15) is 4.79 Å². The molecular weight excluding hydrogens is 380 g/mol. The van der Waals surface area contributed by atoms with Gasteiger partial charge in [0, 0.05) is 17.3 Å². The first-order valence-electron chi connectivity index (χ1n) is 7.25. The highest BCUT2D eigenvalue weighted by Crippen LogP contribution is 2.29. The van der Waals surface area contributed by atoms with Crippen LogP contribution in [0.3, 0.4) is 0 Å². The van der Waals surface area contributed by atoms with Crippen LogP contribution in [0, 0.1) is 0 Å². The summed E-state index contributed by atoms with van der Waals surface area (Å²) in [5.41, 5.74) is 0.748. The molecule has 6 heteroatoms. The molecule has 0 spiro atoms. The lowest BCUT2D eigenvalue weighted by molar-refractivity contribution is -0.125. The number of hydrogen-bond donors (Lipinski definition) is 0. The fourth-order valence-corrected chi connectivity index (χ4v) is 2.96. The molecule has 0 aliphatic carbocycles. The molecule has 0 radical (unpaired) electrons. The summed E-state index contributed by atoms with van der Waals surface area (Å²) in [7, 11) is 0. The zero-order valence-electron chi connectivity index (χ0n) is 13.2. The molecule has 0 saturated heterocycles. The van der Waals surface area contributed by atoms with Crippen LogP contribution in [0.5, 0.6) is 5.75 Å². The molecule has 1 amide bonds. The second kappa shape index (κ2) is 7.79. The van der Waals surface area contributed by atoms with Crippen molar-refractivity contribution < 1.29 is 9.53 Å². The van der Waals surface area contributed by atoms with E-state index in [-0.39, 0.29) is 11.9 Å². The van der Waals surface area contributed by atoms with Gasteiger partial charge < -0.3 is 9.64 Å². The van der Waals surface area contributed by atoms with E-state index in [0.717, 1.165) is 5.69 Å². The predicted octanol–water partition coefficient (Wildman–Crippen LogP) is 4.71. The van der Waals surface area contributed by atoms with E-state index in [4.69, 9.17) is 16.3 Å². The van der Waals surface area contributed by atoms with Crippen molar-refractivity contribution in [2.75, 3.05) is 4.90 Å². The molecule has 1 heterocycles. The maximum Gasteiger partial charge on any atom is 0.268 e. The maximum atomic E-state index is 12.8. The first-order chi connectivity index (χ1) is 10.9. The largest absolute Gasteiger partial charge is 0.480 e. The number of amides is 1. The minimum atomic E-state index is -0.643. The molecule has 0 saturated carbocycles. The van der Waals surface area contributed by atoms with Crippen LogP contribution < -0.4 is 9.64 Å². The number of ether oxygens (including phenoxy) is 1. The van der Waals surface area contributed by atoms with Crippen LogP contribution in [0.1, 0.15) is 20.8 Å². The Morgan fingerprint density at radius 1 is 1.30 bits per heavy atom. The molecule has 0 fully saturated rings. The highest BCUT2D eigenvalue weighted by atomic mass is 79.9. The summed E-state index contributed by atoms with van der Waals surface area (Å²) >= 11 is 9.31. The normalized spacial score (nSPS) is 12.1. The molecule has 0 aliphatic rings. The number of carbonyl (C=O) groups is 1. The third-order valence-electron chi connectivity index (χ3n) is 3.22. The summed E-state index contributed by atoms with van der Waals surface area (Å²) in [5.74, 6) is 0.444. The van der Waals surface area contributed by atoms with Gasteiger partial charge in [0.1, 0.15) is 5.75 Å². The van der Waals surface area contributed by atoms with E-state index >= 15 is 0 Å². The fraction of sp³-hybridized carbons (Fsp3) is 0.294. The molecule has 4 nitrogen and oxygen atoms in total. The Bertz CT molecular complexity index is 680. The quantitative estimate of drug-likeness (QED) is 0.734. The predicted molar refractivity (Wildman–Crippen MR) is 96.1 cm³/mol. The summed E-state index contributed by atoms with van der Waals surface area (Å²) in [6.07, 6.45) is 2.70. The molecule has 1 atom stereocenters. The second-order valence-corrected chi connectivity index (χ2v) is 6.64. The van der Waals surface area contributed by atoms with Gasteiger partial charge in [0.25, 0.3) is 5.91 Å². The van der Waals surface area contributed by atoms with Gasteiger partial charge in [-0.2, -0.15) is 0 Å². The van der Waals surface area contributed by atoms with Crippen molar-refractivity contribution in [1.29, 1.82) is 0 Å². The number of anilines is 1. The van der Waals surface area contributed by atoms with Gasteiger partial charge in [-0.25, -0.2) is 0 Å². The molecule has 1 aromatic heterocycles. The summed E-state index contributed by atoms with van der Waals surface area (Å²) in [6, 6.07) is 8.84. The summed E-state index contributed by atoms with van der Waals surface area (Å²) in [6.45, 7) is 5.64. The SMILES string of the molecule is CC(Oc1ccc(Cl)cc1Br)C(=O)N(c1cccnc1)C(C)C. The first-order valence-corrected chi connectivity index (χ1v) is 8.42. The molecule has 23 heavy (non-hydrogen) atoms. The van der Waals surface area contributed by atoms with Crippen molar-refractivity contribution in [3.63, 3.8) is 0 Å². The highest BCUT2D eigenvalue weighted by Gasteiger charge is 2.26. The first kappa shape index (κ1) is 17.8. The van der Waals surface area contributed by atoms with Gasteiger partial charge >= 0.3 is 0 Å². The zero-order chi connectivity index (χ0) is 17.0. The molecule has 1 unspecified atom stereocenters. The third kappa shape index (κ3) is 4.45. The standard InChI is InChI=1S/C17H18BrClN2O2/c1-11(2)21(14-5-4-8-20-10-14)17(22)12(3)23-16-7-6-13(19)9-15(16)18/h4-12H,1-3H3. The molecule has 2 aromatic rings. The monoisotopic (exact) mass is 396 g/mol. The van der Waals surface area contributed by atoms with Gasteiger partial charge in [0.2, 0.25) is 0 Å². The van der Waals surface area contributed by atoms with Crippen molar-refractivity contribution in [1.82, 2.24) is 4.98 Å². The Labute approximate surface area is 149 Å². The van der Waals surface area contributed by atoms with E-state index in [2.05, 4.69) is 20.9 Å². The van der Waals surface area contributed by atoms with E-state index in [1.807, 2.05) is 19.9 Å². The number of benzene rings is 1. The van der Waals surface area contributed by atoms with E-state index in [1.165, 1.54) is 0 Å². The highest BCUT2D eigenvalue weighted by molar-refractivity contribution is 9.10. The van der Waals surface area contributed by atoms with Crippen molar-refractivity contribution in [3.8, 4) is 5.75 Å². The van der Waals surface area contributed by atoms with Crippen LogP contribution in [0.15, 0.2) is 47.2 Å². The number of hydrogen-bond acceptors (Lipinski definition) is 3. The van der Waals surface area contributed by atoms with Gasteiger partial charge in [-0.15, -0.1) is 0 Å². The average Bonchev–Trinajstić information content (AvgIpc) is 2.50. The summed E-state index contributed by atoms with van der Waals surface area (Å²) in [4.78, 5) is 18.6. The fourth-order valence-electron chi connectivity index (χ4n) is 2.18. The topological polar surface area (TPSA) is 42.4 Å². The lowest BCUT2D eigenvalue weighted by atomic mass is 10.2. The number of pyridine rings is 1. The van der Waals surface area contributed by atoms with Crippen LogP contribution >= 0.6 is 27.5 Å². The number of rotatable bonds is 5. The van der Waals surface area contributed by atoms with E-state index < -0.39 is 6.10 Å². The Morgan fingerprint density at radius 2 is 2.04 bits per heavy atom. The van der Waals surface area contributed by atoms with Gasteiger partial charge in [-0.3, -0.25) is 9.78 Å².